The van der Waals surface area contributed by atoms with Crippen LogP contribution in [-0.4, -0.2) is 35.1 Å². The van der Waals surface area contributed by atoms with Gasteiger partial charge in [-0.15, -0.1) is 0 Å². The average Bonchev–Trinajstić information content (AvgIpc) is 2.74. The van der Waals surface area contributed by atoms with Crippen molar-refractivity contribution in [3.05, 3.63) is 68.9 Å². The standard InChI is InChI=1S/C20H18ClN5O5/c1-11-17(26(28)29)18(23-12-4-7-14(30-2)8-5-12)25-20(22-11)24-13-6-9-16(21)15(10-13)19(27)31-3/h4-10H,1-3H3,(H2,22,23,24,25). The van der Waals surface area contributed by atoms with E-state index in [4.69, 9.17) is 21.1 Å². The predicted molar refractivity (Wildman–Crippen MR) is 116 cm³/mol. The Balaban J connectivity index is 1.96. The van der Waals surface area contributed by atoms with Crippen LogP contribution < -0.4 is 15.4 Å². The van der Waals surface area contributed by atoms with Crippen molar-refractivity contribution in [3.63, 3.8) is 0 Å². The number of nitrogens with zero attached hydrogens (tertiary/aromatic N) is 3. The van der Waals surface area contributed by atoms with Crippen LogP contribution in [0.5, 0.6) is 5.75 Å². The molecule has 10 nitrogen and oxygen atoms in total. The van der Waals surface area contributed by atoms with Crippen LogP contribution in [0.15, 0.2) is 42.5 Å². The van der Waals surface area contributed by atoms with Gasteiger partial charge in [-0.25, -0.2) is 9.78 Å². The zero-order valence-electron chi connectivity index (χ0n) is 16.8. The highest BCUT2D eigenvalue weighted by Gasteiger charge is 2.23. The van der Waals surface area contributed by atoms with Crippen molar-refractivity contribution < 1.29 is 19.2 Å². The smallest absolute Gasteiger partial charge is 0.339 e. The first-order valence-corrected chi connectivity index (χ1v) is 9.29. The molecule has 2 N–H and O–H groups in total. The molecule has 0 saturated heterocycles. The fourth-order valence-electron chi connectivity index (χ4n) is 2.74. The van der Waals surface area contributed by atoms with Gasteiger partial charge in [0.1, 0.15) is 11.4 Å². The summed E-state index contributed by atoms with van der Waals surface area (Å²) < 4.78 is 9.82. The Kier molecular flexibility index (Phi) is 6.51. The number of rotatable bonds is 7. The summed E-state index contributed by atoms with van der Waals surface area (Å²) in [6, 6.07) is 11.4. The van der Waals surface area contributed by atoms with Crippen molar-refractivity contribution in [2.75, 3.05) is 24.9 Å². The minimum Gasteiger partial charge on any atom is -0.497 e. The summed E-state index contributed by atoms with van der Waals surface area (Å²) in [4.78, 5) is 31.3. The largest absolute Gasteiger partial charge is 0.497 e. The van der Waals surface area contributed by atoms with Crippen LogP contribution in [-0.2, 0) is 4.74 Å². The number of benzene rings is 2. The minimum atomic E-state index is -0.601. The Morgan fingerprint density at radius 3 is 2.35 bits per heavy atom. The number of aryl methyl sites for hydroxylation is 1. The summed E-state index contributed by atoms with van der Waals surface area (Å²) in [7, 11) is 2.79. The number of hydrogen-bond donors (Lipinski definition) is 2. The second kappa shape index (κ2) is 9.26. The number of hydrogen-bond acceptors (Lipinski definition) is 9. The number of ether oxygens (including phenoxy) is 2. The van der Waals surface area contributed by atoms with Crippen molar-refractivity contribution >= 4 is 46.4 Å². The van der Waals surface area contributed by atoms with E-state index in [1.54, 1.807) is 37.4 Å². The number of halogens is 1. The third kappa shape index (κ3) is 4.98. The van der Waals surface area contributed by atoms with E-state index >= 15 is 0 Å². The van der Waals surface area contributed by atoms with Crippen molar-refractivity contribution in [1.29, 1.82) is 0 Å². The number of nitrogens with one attached hydrogen (secondary N) is 2. The second-order valence-corrected chi connectivity index (χ2v) is 6.66. The van der Waals surface area contributed by atoms with Crippen LogP contribution in [0.4, 0.5) is 28.8 Å². The first-order valence-electron chi connectivity index (χ1n) is 8.91. The predicted octanol–water partition coefficient (Wildman–Crippen LogP) is 4.63. The first-order chi connectivity index (χ1) is 14.8. The fourth-order valence-corrected chi connectivity index (χ4v) is 2.93. The number of aromatic nitrogens is 2. The zero-order valence-corrected chi connectivity index (χ0v) is 17.6. The van der Waals surface area contributed by atoms with Crippen molar-refractivity contribution in [3.8, 4) is 5.75 Å². The van der Waals surface area contributed by atoms with Gasteiger partial charge in [-0.05, 0) is 49.4 Å². The minimum absolute atomic E-state index is 0.00678. The molecule has 0 unspecified atom stereocenters. The van der Waals surface area contributed by atoms with Gasteiger partial charge in [-0.2, -0.15) is 4.98 Å². The first kappa shape index (κ1) is 21.8. The maximum Gasteiger partial charge on any atom is 0.339 e. The molecule has 0 radical (unpaired) electrons. The molecular weight excluding hydrogens is 426 g/mol. The van der Waals surface area contributed by atoms with Gasteiger partial charge >= 0.3 is 11.7 Å². The molecule has 0 amide bonds. The Hall–Kier alpha value is -3.92. The van der Waals surface area contributed by atoms with Crippen LogP contribution in [0, 0.1) is 17.0 Å². The second-order valence-electron chi connectivity index (χ2n) is 6.25. The van der Waals surface area contributed by atoms with E-state index in [-0.39, 0.29) is 33.7 Å². The SMILES string of the molecule is COC(=O)c1cc(Nc2nc(C)c([N+](=O)[O-])c(Nc3ccc(OC)cc3)n2)ccc1Cl. The Morgan fingerprint density at radius 1 is 1.06 bits per heavy atom. The molecule has 1 heterocycles. The zero-order chi connectivity index (χ0) is 22.5. The summed E-state index contributed by atoms with van der Waals surface area (Å²) in [6.07, 6.45) is 0. The molecule has 0 fully saturated rings. The van der Waals surface area contributed by atoms with Crippen LogP contribution in [0.2, 0.25) is 5.02 Å². The number of carbonyl (C=O) groups excluding carboxylic acids is 1. The van der Waals surface area contributed by atoms with Gasteiger partial charge in [0.15, 0.2) is 0 Å². The summed E-state index contributed by atoms with van der Waals surface area (Å²) in [5.74, 6) is 0.145. The maximum atomic E-state index is 11.9. The number of methoxy groups -OCH3 is 2. The van der Waals surface area contributed by atoms with E-state index in [9.17, 15) is 14.9 Å². The lowest BCUT2D eigenvalue weighted by molar-refractivity contribution is -0.385. The van der Waals surface area contributed by atoms with Gasteiger partial charge in [0, 0.05) is 11.4 Å². The van der Waals surface area contributed by atoms with E-state index in [1.807, 2.05) is 0 Å². The van der Waals surface area contributed by atoms with E-state index < -0.39 is 10.9 Å². The quantitative estimate of drug-likeness (QED) is 0.305. The number of esters is 1. The normalized spacial score (nSPS) is 10.3. The highest BCUT2D eigenvalue weighted by Crippen LogP contribution is 2.31. The molecule has 11 heteroatoms. The lowest BCUT2D eigenvalue weighted by atomic mass is 10.2. The molecule has 3 rings (SSSR count). The van der Waals surface area contributed by atoms with Gasteiger partial charge < -0.3 is 20.1 Å². The molecule has 0 bridgehead atoms. The molecule has 160 valence electrons. The van der Waals surface area contributed by atoms with Crippen molar-refractivity contribution in [1.82, 2.24) is 9.97 Å². The van der Waals surface area contributed by atoms with Crippen LogP contribution in [0.3, 0.4) is 0 Å². The molecule has 0 atom stereocenters. The van der Waals surface area contributed by atoms with Gasteiger partial charge in [-0.3, -0.25) is 10.1 Å². The maximum absolute atomic E-state index is 11.9. The van der Waals surface area contributed by atoms with Gasteiger partial charge in [0.05, 0.1) is 29.7 Å². The van der Waals surface area contributed by atoms with Gasteiger partial charge in [0.2, 0.25) is 11.8 Å². The van der Waals surface area contributed by atoms with Crippen LogP contribution >= 0.6 is 11.6 Å². The lowest BCUT2D eigenvalue weighted by Crippen LogP contribution is -2.08. The molecule has 2 aromatic carbocycles. The summed E-state index contributed by atoms with van der Waals surface area (Å²) in [5.41, 5.74) is 1.08. The molecule has 3 aromatic rings. The number of anilines is 4. The number of nitro groups is 1. The summed E-state index contributed by atoms with van der Waals surface area (Å²) >= 11 is 6.04. The van der Waals surface area contributed by atoms with Gasteiger partial charge in [0.25, 0.3) is 0 Å². The van der Waals surface area contributed by atoms with Crippen molar-refractivity contribution in [2.45, 2.75) is 6.92 Å². The Labute approximate surface area is 182 Å². The topological polar surface area (TPSA) is 129 Å². The molecule has 0 spiro atoms. The summed E-state index contributed by atoms with van der Waals surface area (Å²) in [5, 5.41) is 17.7. The lowest BCUT2D eigenvalue weighted by Gasteiger charge is -2.12. The molecule has 0 aliphatic carbocycles. The molecule has 1 aromatic heterocycles. The Morgan fingerprint density at radius 2 is 1.74 bits per heavy atom. The highest BCUT2D eigenvalue weighted by atomic mass is 35.5. The fraction of sp³-hybridized carbons (Fsp3) is 0.150. The Bertz CT molecular complexity index is 1140. The van der Waals surface area contributed by atoms with Crippen LogP contribution in [0.25, 0.3) is 0 Å². The van der Waals surface area contributed by atoms with E-state index in [0.29, 0.717) is 17.1 Å². The molecule has 0 saturated carbocycles. The van der Waals surface area contributed by atoms with E-state index in [1.165, 1.54) is 26.2 Å². The van der Waals surface area contributed by atoms with Crippen LogP contribution in [0.1, 0.15) is 16.1 Å². The molecule has 0 aliphatic heterocycles. The van der Waals surface area contributed by atoms with Crippen molar-refractivity contribution in [2.24, 2.45) is 0 Å². The van der Waals surface area contributed by atoms with E-state index in [0.717, 1.165) is 0 Å². The van der Waals surface area contributed by atoms with Gasteiger partial charge in [-0.1, -0.05) is 11.6 Å². The molecule has 31 heavy (non-hydrogen) atoms. The number of carbonyl (C=O) groups is 1. The third-order valence-corrected chi connectivity index (χ3v) is 4.55. The average molecular weight is 444 g/mol. The van der Waals surface area contributed by atoms with E-state index in [2.05, 4.69) is 20.6 Å². The molecule has 0 aliphatic rings. The highest BCUT2D eigenvalue weighted by molar-refractivity contribution is 6.33. The molecular formula is C20H18ClN5O5. The monoisotopic (exact) mass is 443 g/mol. The summed E-state index contributed by atoms with van der Waals surface area (Å²) in [6.45, 7) is 1.51. The third-order valence-electron chi connectivity index (χ3n) is 4.22.